The number of aromatic nitrogens is 3. The Kier molecular flexibility index (Phi) is 5.23. The van der Waals surface area contributed by atoms with Crippen LogP contribution in [-0.4, -0.2) is 33.3 Å². The SMILES string of the molecule is CC(C)Oc1cc(-c2cnn3c2C(=O)N(c2ccc(Cl)c(Cl)c2)C[C@@H]3C)ccn1. The van der Waals surface area contributed by atoms with Gasteiger partial charge in [-0.05, 0) is 50.6 Å². The zero-order chi connectivity index (χ0) is 20.7. The molecule has 1 aromatic carbocycles. The van der Waals surface area contributed by atoms with E-state index < -0.39 is 0 Å². The summed E-state index contributed by atoms with van der Waals surface area (Å²) in [5, 5.41) is 5.34. The molecule has 3 aromatic rings. The van der Waals surface area contributed by atoms with E-state index in [2.05, 4.69) is 10.1 Å². The number of halogens is 2. The highest BCUT2D eigenvalue weighted by Gasteiger charge is 2.34. The largest absolute Gasteiger partial charge is 0.475 e. The Morgan fingerprint density at radius 2 is 1.97 bits per heavy atom. The molecular weight excluding hydrogens is 411 g/mol. The first-order valence-corrected chi connectivity index (χ1v) is 10.1. The molecule has 0 unspecified atom stereocenters. The van der Waals surface area contributed by atoms with Gasteiger partial charge in [-0.1, -0.05) is 23.2 Å². The van der Waals surface area contributed by atoms with E-state index in [1.807, 2.05) is 32.9 Å². The van der Waals surface area contributed by atoms with Crippen LogP contribution in [0.3, 0.4) is 0 Å². The maximum atomic E-state index is 13.4. The summed E-state index contributed by atoms with van der Waals surface area (Å²) in [7, 11) is 0. The van der Waals surface area contributed by atoms with Crippen LogP contribution in [0.4, 0.5) is 5.69 Å². The van der Waals surface area contributed by atoms with Crippen LogP contribution in [-0.2, 0) is 0 Å². The molecule has 0 saturated heterocycles. The standard InChI is InChI=1S/C21H20Cl2N4O2/c1-12(2)29-19-8-14(6-7-24-19)16-10-25-27-13(3)11-26(21(28)20(16)27)15-4-5-17(22)18(23)9-15/h4-10,12-13H,11H2,1-3H3/t13-/m0/s1. The summed E-state index contributed by atoms with van der Waals surface area (Å²) in [5.74, 6) is 0.368. The minimum absolute atomic E-state index is 0.000810. The van der Waals surface area contributed by atoms with Crippen molar-refractivity contribution < 1.29 is 9.53 Å². The Bertz CT molecular complexity index is 1080. The topological polar surface area (TPSA) is 60.3 Å². The van der Waals surface area contributed by atoms with Crippen LogP contribution < -0.4 is 9.64 Å². The number of hydrogen-bond donors (Lipinski definition) is 0. The van der Waals surface area contributed by atoms with Gasteiger partial charge in [0.25, 0.3) is 5.91 Å². The van der Waals surface area contributed by atoms with Crippen molar-refractivity contribution in [3.8, 4) is 17.0 Å². The predicted molar refractivity (Wildman–Crippen MR) is 114 cm³/mol. The maximum absolute atomic E-state index is 13.4. The van der Waals surface area contributed by atoms with Crippen molar-refractivity contribution in [3.05, 3.63) is 58.5 Å². The fraction of sp³-hybridized carbons (Fsp3) is 0.286. The van der Waals surface area contributed by atoms with E-state index in [1.165, 1.54) is 0 Å². The number of ether oxygens (including phenoxy) is 1. The lowest BCUT2D eigenvalue weighted by Crippen LogP contribution is -2.42. The van der Waals surface area contributed by atoms with E-state index in [1.54, 1.807) is 40.2 Å². The van der Waals surface area contributed by atoms with Gasteiger partial charge >= 0.3 is 0 Å². The Balaban J connectivity index is 1.76. The first-order chi connectivity index (χ1) is 13.8. The molecule has 150 valence electrons. The average molecular weight is 431 g/mol. The van der Waals surface area contributed by atoms with Gasteiger partial charge in [0.2, 0.25) is 5.88 Å². The second-order valence-electron chi connectivity index (χ2n) is 7.26. The molecule has 0 bridgehead atoms. The van der Waals surface area contributed by atoms with E-state index in [9.17, 15) is 4.79 Å². The Morgan fingerprint density at radius 1 is 1.17 bits per heavy atom. The monoisotopic (exact) mass is 430 g/mol. The van der Waals surface area contributed by atoms with Crippen LogP contribution in [0, 0.1) is 0 Å². The lowest BCUT2D eigenvalue weighted by molar-refractivity contribution is 0.0954. The molecule has 0 N–H and O–H groups in total. The fourth-order valence-corrected chi connectivity index (χ4v) is 3.72. The summed E-state index contributed by atoms with van der Waals surface area (Å²) in [5.41, 5.74) is 2.79. The van der Waals surface area contributed by atoms with Crippen LogP contribution in [0.1, 0.15) is 37.3 Å². The third-order valence-corrected chi connectivity index (χ3v) is 5.46. The number of carbonyl (C=O) groups is 1. The first kappa shape index (κ1) is 19.7. The molecule has 6 nitrogen and oxygen atoms in total. The number of fused-ring (bicyclic) bond motifs is 1. The number of hydrogen-bond acceptors (Lipinski definition) is 4. The van der Waals surface area contributed by atoms with E-state index in [4.69, 9.17) is 27.9 Å². The summed E-state index contributed by atoms with van der Waals surface area (Å²) >= 11 is 12.2. The minimum Gasteiger partial charge on any atom is -0.475 e. The zero-order valence-electron chi connectivity index (χ0n) is 16.3. The Labute approximate surface area is 179 Å². The van der Waals surface area contributed by atoms with E-state index in [0.717, 1.165) is 11.1 Å². The third kappa shape index (κ3) is 3.70. The average Bonchev–Trinajstić information content (AvgIpc) is 3.13. The minimum atomic E-state index is -0.142. The van der Waals surface area contributed by atoms with E-state index in [0.29, 0.717) is 33.9 Å². The summed E-state index contributed by atoms with van der Waals surface area (Å²) in [4.78, 5) is 19.4. The number of nitrogens with zero attached hydrogens (tertiary/aromatic N) is 4. The van der Waals surface area contributed by atoms with E-state index in [-0.39, 0.29) is 18.1 Å². The van der Waals surface area contributed by atoms with Gasteiger partial charge in [0.15, 0.2) is 0 Å². The van der Waals surface area contributed by atoms with Crippen molar-refractivity contribution in [1.82, 2.24) is 14.8 Å². The van der Waals surface area contributed by atoms with Crippen molar-refractivity contribution in [2.75, 3.05) is 11.4 Å². The highest BCUT2D eigenvalue weighted by Crippen LogP contribution is 2.35. The molecule has 4 rings (SSSR count). The molecule has 0 radical (unpaired) electrons. The van der Waals surface area contributed by atoms with Gasteiger partial charge in [0.05, 0.1) is 28.4 Å². The molecule has 0 saturated carbocycles. The summed E-state index contributed by atoms with van der Waals surface area (Å²) in [6, 6.07) is 8.88. The van der Waals surface area contributed by atoms with Crippen LogP contribution in [0.15, 0.2) is 42.7 Å². The highest BCUT2D eigenvalue weighted by atomic mass is 35.5. The van der Waals surface area contributed by atoms with Crippen LogP contribution in [0.5, 0.6) is 5.88 Å². The second-order valence-corrected chi connectivity index (χ2v) is 8.08. The van der Waals surface area contributed by atoms with Gasteiger partial charge in [-0.25, -0.2) is 4.98 Å². The fourth-order valence-electron chi connectivity index (χ4n) is 3.43. The number of carbonyl (C=O) groups excluding carboxylic acids is 1. The molecule has 0 aliphatic carbocycles. The number of rotatable bonds is 4. The van der Waals surface area contributed by atoms with Gasteiger partial charge in [0.1, 0.15) is 5.69 Å². The van der Waals surface area contributed by atoms with Crippen LogP contribution >= 0.6 is 23.2 Å². The highest BCUT2D eigenvalue weighted by molar-refractivity contribution is 6.42. The summed E-state index contributed by atoms with van der Waals surface area (Å²) in [6.45, 7) is 6.40. The van der Waals surface area contributed by atoms with Gasteiger partial charge in [-0.3, -0.25) is 9.48 Å². The van der Waals surface area contributed by atoms with Crippen molar-refractivity contribution in [2.24, 2.45) is 0 Å². The van der Waals surface area contributed by atoms with Crippen molar-refractivity contribution in [1.29, 1.82) is 0 Å². The third-order valence-electron chi connectivity index (χ3n) is 4.72. The lowest BCUT2D eigenvalue weighted by atomic mass is 10.0. The van der Waals surface area contributed by atoms with Gasteiger partial charge < -0.3 is 9.64 Å². The molecule has 1 atom stereocenters. The molecule has 1 aliphatic heterocycles. The summed E-state index contributed by atoms with van der Waals surface area (Å²) in [6.07, 6.45) is 3.40. The number of amides is 1. The molecule has 3 heterocycles. The normalized spacial score (nSPS) is 16.3. The van der Waals surface area contributed by atoms with Crippen LogP contribution in [0.25, 0.3) is 11.1 Å². The van der Waals surface area contributed by atoms with Gasteiger partial charge in [-0.2, -0.15) is 5.10 Å². The van der Waals surface area contributed by atoms with E-state index >= 15 is 0 Å². The van der Waals surface area contributed by atoms with Gasteiger partial charge in [-0.15, -0.1) is 0 Å². The second kappa shape index (κ2) is 7.69. The predicted octanol–water partition coefficient (Wildman–Crippen LogP) is 5.26. The molecule has 2 aromatic heterocycles. The zero-order valence-corrected chi connectivity index (χ0v) is 17.8. The Morgan fingerprint density at radius 3 is 2.69 bits per heavy atom. The van der Waals surface area contributed by atoms with Crippen molar-refractivity contribution in [3.63, 3.8) is 0 Å². The smallest absolute Gasteiger partial charge is 0.277 e. The quantitative estimate of drug-likeness (QED) is 0.566. The van der Waals surface area contributed by atoms with Crippen LogP contribution in [0.2, 0.25) is 10.0 Å². The number of benzene rings is 1. The number of pyridine rings is 1. The molecule has 0 fully saturated rings. The first-order valence-electron chi connectivity index (χ1n) is 9.32. The summed E-state index contributed by atoms with van der Waals surface area (Å²) < 4.78 is 7.47. The lowest BCUT2D eigenvalue weighted by Gasteiger charge is -2.32. The molecule has 29 heavy (non-hydrogen) atoms. The number of anilines is 1. The molecule has 0 spiro atoms. The molecule has 1 aliphatic rings. The molecule has 8 heteroatoms. The van der Waals surface area contributed by atoms with Crippen molar-refractivity contribution >= 4 is 34.8 Å². The van der Waals surface area contributed by atoms with Gasteiger partial charge in [0, 0.05) is 30.1 Å². The molecule has 1 amide bonds. The Hall–Kier alpha value is -2.57. The molecular formula is C21H20Cl2N4O2. The maximum Gasteiger partial charge on any atom is 0.277 e. The van der Waals surface area contributed by atoms with Crippen molar-refractivity contribution in [2.45, 2.75) is 32.9 Å².